The number of nitrogens with zero attached hydrogens (tertiary/aromatic N) is 1. The fourth-order valence-electron chi connectivity index (χ4n) is 2.83. The van der Waals surface area contributed by atoms with Crippen LogP contribution in [0.25, 0.3) is 0 Å². The van der Waals surface area contributed by atoms with Gasteiger partial charge in [-0.1, -0.05) is 35.9 Å². The van der Waals surface area contributed by atoms with Crippen LogP contribution in [0.15, 0.2) is 65.6 Å². The first-order valence-corrected chi connectivity index (χ1v) is 8.69. The molecule has 0 unspecified atom stereocenters. The molecular formula is C22H22N2O3. The van der Waals surface area contributed by atoms with E-state index in [0.717, 1.165) is 16.7 Å². The normalized spacial score (nSPS) is 10.5. The summed E-state index contributed by atoms with van der Waals surface area (Å²) in [6, 6.07) is 16.7. The number of pyridine rings is 1. The number of hydrogen-bond donors (Lipinski definition) is 1. The highest BCUT2D eigenvalue weighted by atomic mass is 16.5. The summed E-state index contributed by atoms with van der Waals surface area (Å²) in [5.74, 6) is 0.0898. The summed E-state index contributed by atoms with van der Waals surface area (Å²) in [6.45, 7) is 4.35. The first kappa shape index (κ1) is 18.5. The number of carbonyl (C=O) groups excluding carboxylic acids is 1. The van der Waals surface area contributed by atoms with E-state index in [0.29, 0.717) is 18.0 Å². The number of ether oxygens (including phenoxy) is 1. The predicted octanol–water partition coefficient (Wildman–Crippen LogP) is 3.77. The molecule has 0 saturated carbocycles. The number of methoxy groups -OCH3 is 1. The second-order valence-corrected chi connectivity index (χ2v) is 6.50. The van der Waals surface area contributed by atoms with E-state index in [9.17, 15) is 9.59 Å². The topological polar surface area (TPSA) is 60.3 Å². The molecule has 5 heteroatoms. The summed E-state index contributed by atoms with van der Waals surface area (Å²) in [6.07, 6.45) is 1.69. The summed E-state index contributed by atoms with van der Waals surface area (Å²) in [7, 11) is 1.54. The maximum Gasteiger partial charge on any atom is 0.263 e. The molecule has 0 atom stereocenters. The zero-order valence-corrected chi connectivity index (χ0v) is 15.7. The van der Waals surface area contributed by atoms with Crippen LogP contribution in [-0.2, 0) is 6.54 Å². The third-order valence-corrected chi connectivity index (χ3v) is 4.34. The molecule has 0 saturated heterocycles. The lowest BCUT2D eigenvalue weighted by molar-refractivity contribution is 0.102. The fraction of sp³-hybridized carbons (Fsp3) is 0.182. The van der Waals surface area contributed by atoms with Crippen molar-refractivity contribution in [2.45, 2.75) is 20.4 Å². The van der Waals surface area contributed by atoms with Gasteiger partial charge in [-0.15, -0.1) is 0 Å². The first-order chi connectivity index (χ1) is 13.0. The lowest BCUT2D eigenvalue weighted by Gasteiger charge is -2.12. The van der Waals surface area contributed by atoms with Gasteiger partial charge in [0.05, 0.1) is 19.3 Å². The van der Waals surface area contributed by atoms with Crippen molar-refractivity contribution in [3.63, 3.8) is 0 Å². The van der Waals surface area contributed by atoms with E-state index < -0.39 is 5.91 Å². The average molecular weight is 362 g/mol. The van der Waals surface area contributed by atoms with E-state index in [-0.39, 0.29) is 11.1 Å². The molecule has 2 aromatic carbocycles. The van der Waals surface area contributed by atoms with E-state index in [4.69, 9.17) is 4.74 Å². The van der Waals surface area contributed by atoms with E-state index in [1.54, 1.807) is 18.3 Å². The van der Waals surface area contributed by atoms with E-state index in [1.807, 2.05) is 50.2 Å². The van der Waals surface area contributed by atoms with Gasteiger partial charge in [0, 0.05) is 6.20 Å². The molecule has 0 radical (unpaired) electrons. The predicted molar refractivity (Wildman–Crippen MR) is 107 cm³/mol. The molecule has 1 aromatic heterocycles. The first-order valence-electron chi connectivity index (χ1n) is 8.69. The van der Waals surface area contributed by atoms with Crippen molar-refractivity contribution in [1.82, 2.24) is 4.57 Å². The summed E-state index contributed by atoms with van der Waals surface area (Å²) in [5.41, 5.74) is 3.44. The summed E-state index contributed by atoms with van der Waals surface area (Å²) >= 11 is 0. The Morgan fingerprint density at radius 2 is 1.74 bits per heavy atom. The lowest BCUT2D eigenvalue weighted by atomic mass is 10.1. The molecule has 1 N–H and O–H groups in total. The summed E-state index contributed by atoms with van der Waals surface area (Å²) in [4.78, 5) is 25.4. The van der Waals surface area contributed by atoms with Gasteiger partial charge in [-0.3, -0.25) is 9.59 Å². The number of amides is 1. The summed E-state index contributed by atoms with van der Waals surface area (Å²) in [5, 5.41) is 2.78. The van der Waals surface area contributed by atoms with Crippen LogP contribution < -0.4 is 15.6 Å². The minimum atomic E-state index is -0.456. The highest BCUT2D eigenvalue weighted by Gasteiger charge is 2.15. The number of nitrogens with one attached hydrogen (secondary N) is 1. The van der Waals surface area contributed by atoms with Crippen molar-refractivity contribution in [1.29, 1.82) is 0 Å². The van der Waals surface area contributed by atoms with E-state index in [2.05, 4.69) is 5.32 Å². The highest BCUT2D eigenvalue weighted by Crippen LogP contribution is 2.25. The Labute approximate surface area is 158 Å². The number of rotatable bonds is 5. The number of hydrogen-bond acceptors (Lipinski definition) is 3. The Balaban J connectivity index is 1.87. The molecule has 5 nitrogen and oxygen atoms in total. The van der Waals surface area contributed by atoms with Crippen molar-refractivity contribution >= 4 is 11.6 Å². The second kappa shape index (κ2) is 7.91. The Morgan fingerprint density at radius 1 is 1.04 bits per heavy atom. The maximum atomic E-state index is 12.8. The third kappa shape index (κ3) is 4.26. The van der Waals surface area contributed by atoms with Gasteiger partial charge in [0.1, 0.15) is 11.3 Å². The SMILES string of the molecule is COc1ccc(C)cc1NC(=O)c1cccn(Cc2ccc(C)cc2)c1=O. The molecular weight excluding hydrogens is 340 g/mol. The largest absolute Gasteiger partial charge is 0.495 e. The number of carbonyl (C=O) groups is 1. The van der Waals surface area contributed by atoms with Crippen LogP contribution in [0.1, 0.15) is 27.0 Å². The molecule has 0 aliphatic heterocycles. The molecule has 0 fully saturated rings. The zero-order valence-electron chi connectivity index (χ0n) is 15.7. The third-order valence-electron chi connectivity index (χ3n) is 4.34. The quantitative estimate of drug-likeness (QED) is 0.751. The van der Waals surface area contributed by atoms with Gasteiger partial charge in [0.2, 0.25) is 0 Å². The molecule has 1 heterocycles. The van der Waals surface area contributed by atoms with Gasteiger partial charge in [0.25, 0.3) is 11.5 Å². The van der Waals surface area contributed by atoms with Crippen LogP contribution in [0.4, 0.5) is 5.69 Å². The van der Waals surface area contributed by atoms with Crippen LogP contribution in [0.2, 0.25) is 0 Å². The molecule has 0 aliphatic carbocycles. The van der Waals surface area contributed by atoms with Crippen molar-refractivity contribution in [2.75, 3.05) is 12.4 Å². The molecule has 0 aliphatic rings. The summed E-state index contributed by atoms with van der Waals surface area (Å²) < 4.78 is 6.82. The van der Waals surface area contributed by atoms with Crippen LogP contribution in [0.3, 0.4) is 0 Å². The van der Waals surface area contributed by atoms with Crippen LogP contribution in [0.5, 0.6) is 5.75 Å². The number of aryl methyl sites for hydroxylation is 2. The van der Waals surface area contributed by atoms with Gasteiger partial charge in [0.15, 0.2) is 0 Å². The van der Waals surface area contributed by atoms with E-state index >= 15 is 0 Å². The number of anilines is 1. The number of aromatic nitrogens is 1. The average Bonchev–Trinajstić information content (AvgIpc) is 2.65. The standard InChI is InChI=1S/C22H22N2O3/c1-15-6-9-17(10-7-15)14-24-12-4-5-18(22(24)26)21(25)23-19-13-16(2)8-11-20(19)27-3/h4-13H,14H2,1-3H3,(H,23,25). The highest BCUT2D eigenvalue weighted by molar-refractivity contribution is 6.04. The Kier molecular flexibility index (Phi) is 5.41. The maximum absolute atomic E-state index is 12.8. The van der Waals surface area contributed by atoms with Crippen molar-refractivity contribution in [2.24, 2.45) is 0 Å². The second-order valence-electron chi connectivity index (χ2n) is 6.50. The molecule has 0 spiro atoms. The molecule has 3 aromatic rings. The van der Waals surface area contributed by atoms with Crippen LogP contribution in [-0.4, -0.2) is 17.6 Å². The molecule has 138 valence electrons. The van der Waals surface area contributed by atoms with Gasteiger partial charge < -0.3 is 14.6 Å². The Hall–Kier alpha value is -3.34. The molecule has 0 bridgehead atoms. The van der Waals surface area contributed by atoms with Gasteiger partial charge in [-0.05, 0) is 49.2 Å². The van der Waals surface area contributed by atoms with Crippen molar-refractivity contribution in [3.8, 4) is 5.75 Å². The molecule has 3 rings (SSSR count). The Bertz CT molecular complexity index is 1020. The zero-order chi connectivity index (χ0) is 19.4. The van der Waals surface area contributed by atoms with Crippen molar-refractivity contribution < 1.29 is 9.53 Å². The number of benzene rings is 2. The smallest absolute Gasteiger partial charge is 0.263 e. The minimum absolute atomic E-state index is 0.0909. The fourth-order valence-corrected chi connectivity index (χ4v) is 2.83. The van der Waals surface area contributed by atoms with Gasteiger partial charge >= 0.3 is 0 Å². The van der Waals surface area contributed by atoms with Crippen LogP contribution >= 0.6 is 0 Å². The Morgan fingerprint density at radius 3 is 2.44 bits per heavy atom. The minimum Gasteiger partial charge on any atom is -0.495 e. The monoisotopic (exact) mass is 362 g/mol. The van der Waals surface area contributed by atoms with Gasteiger partial charge in [-0.2, -0.15) is 0 Å². The van der Waals surface area contributed by atoms with Gasteiger partial charge in [-0.25, -0.2) is 0 Å². The molecule has 27 heavy (non-hydrogen) atoms. The van der Waals surface area contributed by atoms with Crippen LogP contribution in [0, 0.1) is 13.8 Å². The van der Waals surface area contributed by atoms with E-state index in [1.165, 1.54) is 17.7 Å². The lowest BCUT2D eigenvalue weighted by Crippen LogP contribution is -2.29. The van der Waals surface area contributed by atoms with Crippen molar-refractivity contribution in [3.05, 3.63) is 93.4 Å². The molecule has 1 amide bonds.